The summed E-state index contributed by atoms with van der Waals surface area (Å²) < 4.78 is 28.6. The number of aromatic nitrogens is 1. The molecule has 32 heavy (non-hydrogen) atoms. The predicted molar refractivity (Wildman–Crippen MR) is 124 cm³/mol. The number of sulfonamides is 1. The molecule has 0 atom stereocenters. The number of thiazole rings is 1. The van der Waals surface area contributed by atoms with Gasteiger partial charge in [0.2, 0.25) is 5.91 Å². The Hall–Kier alpha value is -3.24. The van der Waals surface area contributed by atoms with E-state index in [9.17, 15) is 18.0 Å². The van der Waals surface area contributed by atoms with Gasteiger partial charge in [-0.15, -0.1) is 0 Å². The lowest BCUT2D eigenvalue weighted by atomic mass is 10.0. The first-order valence-electron chi connectivity index (χ1n) is 9.83. The number of anilines is 2. The van der Waals surface area contributed by atoms with Gasteiger partial charge in [-0.05, 0) is 55.5 Å². The van der Waals surface area contributed by atoms with E-state index >= 15 is 0 Å². The summed E-state index contributed by atoms with van der Waals surface area (Å²) in [5.74, 6) is -1.28. The summed E-state index contributed by atoms with van der Waals surface area (Å²) >= 11 is 0.903. The van der Waals surface area contributed by atoms with Crippen molar-refractivity contribution in [1.82, 2.24) is 4.98 Å². The van der Waals surface area contributed by atoms with Gasteiger partial charge in [-0.1, -0.05) is 41.7 Å². The van der Waals surface area contributed by atoms with Crippen LogP contribution in [0, 0.1) is 6.92 Å². The summed E-state index contributed by atoms with van der Waals surface area (Å²) in [4.78, 5) is 26.3. The second kappa shape index (κ2) is 9.92. The van der Waals surface area contributed by atoms with E-state index in [1.54, 1.807) is 43.3 Å². The van der Waals surface area contributed by atoms with E-state index < -0.39 is 16.0 Å². The van der Waals surface area contributed by atoms with Crippen LogP contribution >= 0.6 is 11.3 Å². The normalized spacial score (nSPS) is 11.2. The lowest BCUT2D eigenvalue weighted by Crippen LogP contribution is -2.14. The third-order valence-corrected chi connectivity index (χ3v) is 7.70. The lowest BCUT2D eigenvalue weighted by Gasteiger charge is -2.12. The number of nitrogens with one attached hydrogen (secondary N) is 2. The van der Waals surface area contributed by atoms with Crippen molar-refractivity contribution in [2.75, 3.05) is 10.0 Å². The van der Waals surface area contributed by atoms with Gasteiger partial charge in [-0.25, -0.2) is 18.2 Å². The number of carbonyl (C=O) groups excluding carboxylic acids is 1. The predicted octanol–water partition coefficient (Wildman–Crippen LogP) is 4.08. The summed E-state index contributed by atoms with van der Waals surface area (Å²) in [6.45, 7) is 2.91. The van der Waals surface area contributed by atoms with Crippen molar-refractivity contribution in [2.24, 2.45) is 0 Å². The molecule has 3 aromatic rings. The number of amides is 1. The lowest BCUT2D eigenvalue weighted by molar-refractivity contribution is -0.114. The second-order valence-electron chi connectivity index (χ2n) is 7.19. The average Bonchev–Trinajstić information content (AvgIpc) is 3.09. The molecule has 0 saturated carbocycles. The molecule has 0 spiro atoms. The number of rotatable bonds is 9. The fourth-order valence-corrected chi connectivity index (χ4v) is 5.72. The number of aryl methyl sites for hydroxylation is 3. The summed E-state index contributed by atoms with van der Waals surface area (Å²) in [6, 6.07) is 13.9. The van der Waals surface area contributed by atoms with Crippen LogP contribution in [0.1, 0.15) is 40.5 Å². The van der Waals surface area contributed by atoms with Gasteiger partial charge < -0.3 is 10.4 Å². The highest BCUT2D eigenvalue weighted by atomic mass is 32.2. The van der Waals surface area contributed by atoms with Crippen molar-refractivity contribution in [1.29, 1.82) is 0 Å². The van der Waals surface area contributed by atoms with Gasteiger partial charge in [-0.3, -0.25) is 9.52 Å². The Morgan fingerprint density at radius 3 is 2.41 bits per heavy atom. The van der Waals surface area contributed by atoms with Gasteiger partial charge in [0, 0.05) is 6.92 Å². The maximum Gasteiger partial charge on any atom is 0.335 e. The van der Waals surface area contributed by atoms with Crippen molar-refractivity contribution in [3.8, 4) is 0 Å². The van der Waals surface area contributed by atoms with Crippen LogP contribution in [0.5, 0.6) is 0 Å². The molecule has 168 valence electrons. The number of hydrogen-bond donors (Lipinski definition) is 3. The molecule has 2 aromatic carbocycles. The molecule has 1 amide bonds. The molecule has 0 fully saturated rings. The first kappa shape index (κ1) is 23.4. The van der Waals surface area contributed by atoms with Gasteiger partial charge >= 0.3 is 5.97 Å². The number of carboxylic acid groups (broad SMARTS) is 1. The molecule has 0 aliphatic rings. The molecule has 3 rings (SSSR count). The van der Waals surface area contributed by atoms with Crippen molar-refractivity contribution in [3.05, 3.63) is 70.9 Å². The van der Waals surface area contributed by atoms with Crippen LogP contribution in [-0.4, -0.2) is 30.4 Å². The zero-order chi connectivity index (χ0) is 23.3. The van der Waals surface area contributed by atoms with Gasteiger partial charge in [-0.2, -0.15) is 0 Å². The standard InChI is InChI=1S/C22H23N3O5S2/c1-14-21(31-22(23-14)24-15(2)26)32(29,30)25-19-9-4-3-7-17(19)8-5-6-16-10-12-18(13-11-16)20(27)28/h3-4,7,9-13,25H,5-6,8H2,1-2H3,(H,27,28)(H,23,24,26). The number of carboxylic acids is 1. The highest BCUT2D eigenvalue weighted by Gasteiger charge is 2.23. The molecular weight excluding hydrogens is 450 g/mol. The Morgan fingerprint density at radius 2 is 1.75 bits per heavy atom. The maximum absolute atomic E-state index is 13.0. The summed E-state index contributed by atoms with van der Waals surface area (Å²) in [6.07, 6.45) is 2.13. The summed E-state index contributed by atoms with van der Waals surface area (Å²) in [5, 5.41) is 11.7. The fourth-order valence-electron chi connectivity index (χ4n) is 3.16. The first-order valence-corrected chi connectivity index (χ1v) is 12.1. The molecule has 0 aliphatic heterocycles. The Balaban J connectivity index is 1.70. The maximum atomic E-state index is 13.0. The number of aromatic carboxylic acids is 1. The number of hydrogen-bond acceptors (Lipinski definition) is 6. The quantitative estimate of drug-likeness (QED) is 0.430. The van der Waals surface area contributed by atoms with Crippen LogP contribution in [0.25, 0.3) is 0 Å². The molecule has 1 heterocycles. The van der Waals surface area contributed by atoms with Crippen LogP contribution in [0.4, 0.5) is 10.8 Å². The van der Waals surface area contributed by atoms with Gasteiger partial charge in [0.15, 0.2) is 9.34 Å². The minimum absolute atomic E-state index is 0.0505. The summed E-state index contributed by atoms with van der Waals surface area (Å²) in [5.41, 5.74) is 2.91. The fraction of sp³-hybridized carbons (Fsp3) is 0.227. The Labute approximate surface area is 190 Å². The van der Waals surface area contributed by atoms with E-state index in [0.29, 0.717) is 17.8 Å². The third-order valence-electron chi connectivity index (χ3n) is 4.66. The van der Waals surface area contributed by atoms with Crippen LogP contribution < -0.4 is 10.0 Å². The number of benzene rings is 2. The van der Waals surface area contributed by atoms with Crippen LogP contribution in [0.2, 0.25) is 0 Å². The molecular formula is C22H23N3O5S2. The van der Waals surface area contributed by atoms with E-state index in [1.807, 2.05) is 12.1 Å². The van der Waals surface area contributed by atoms with E-state index in [0.717, 1.165) is 35.3 Å². The van der Waals surface area contributed by atoms with Crippen molar-refractivity contribution in [3.63, 3.8) is 0 Å². The highest BCUT2D eigenvalue weighted by molar-refractivity contribution is 7.94. The molecule has 0 saturated heterocycles. The van der Waals surface area contributed by atoms with E-state index in [-0.39, 0.29) is 20.8 Å². The van der Waals surface area contributed by atoms with E-state index in [1.165, 1.54) is 6.92 Å². The smallest absolute Gasteiger partial charge is 0.335 e. The number of nitrogens with zero attached hydrogens (tertiary/aromatic N) is 1. The minimum Gasteiger partial charge on any atom is -0.478 e. The molecule has 0 aliphatic carbocycles. The monoisotopic (exact) mass is 473 g/mol. The average molecular weight is 474 g/mol. The Kier molecular flexibility index (Phi) is 7.26. The zero-order valence-electron chi connectivity index (χ0n) is 17.6. The minimum atomic E-state index is -3.87. The molecule has 0 radical (unpaired) electrons. The van der Waals surface area contributed by atoms with E-state index in [4.69, 9.17) is 5.11 Å². The number of para-hydroxylation sites is 1. The van der Waals surface area contributed by atoms with Gasteiger partial charge in [0.05, 0.1) is 16.9 Å². The van der Waals surface area contributed by atoms with Crippen molar-refractivity contribution in [2.45, 2.75) is 37.3 Å². The highest BCUT2D eigenvalue weighted by Crippen LogP contribution is 2.30. The first-order chi connectivity index (χ1) is 15.2. The van der Waals surface area contributed by atoms with Gasteiger partial charge in [0.25, 0.3) is 10.0 Å². The molecule has 10 heteroatoms. The molecule has 3 N–H and O–H groups in total. The van der Waals surface area contributed by atoms with Gasteiger partial charge in [0.1, 0.15) is 0 Å². The van der Waals surface area contributed by atoms with Crippen LogP contribution in [0.15, 0.2) is 52.7 Å². The molecule has 0 bridgehead atoms. The van der Waals surface area contributed by atoms with Crippen LogP contribution in [-0.2, 0) is 27.7 Å². The Bertz CT molecular complexity index is 1230. The largest absolute Gasteiger partial charge is 0.478 e. The number of carbonyl (C=O) groups is 2. The molecule has 0 unspecified atom stereocenters. The molecule has 1 aromatic heterocycles. The van der Waals surface area contributed by atoms with Crippen molar-refractivity contribution < 1.29 is 23.1 Å². The van der Waals surface area contributed by atoms with E-state index in [2.05, 4.69) is 15.0 Å². The third kappa shape index (κ3) is 5.92. The SMILES string of the molecule is CC(=O)Nc1nc(C)c(S(=O)(=O)Nc2ccccc2CCCc2ccc(C(=O)O)cc2)s1. The van der Waals surface area contributed by atoms with Crippen molar-refractivity contribution >= 4 is 44.1 Å². The molecule has 8 nitrogen and oxygen atoms in total. The topological polar surface area (TPSA) is 125 Å². The van der Waals surface area contributed by atoms with Crippen LogP contribution in [0.3, 0.4) is 0 Å². The Morgan fingerprint density at radius 1 is 1.06 bits per heavy atom. The second-order valence-corrected chi connectivity index (χ2v) is 10.1. The zero-order valence-corrected chi connectivity index (χ0v) is 19.2. The summed E-state index contributed by atoms with van der Waals surface area (Å²) in [7, 11) is -3.87.